The van der Waals surface area contributed by atoms with Gasteiger partial charge < -0.3 is 9.52 Å². The molecule has 1 aromatic heterocycles. The van der Waals surface area contributed by atoms with Crippen LogP contribution >= 0.6 is 27.7 Å². The highest BCUT2D eigenvalue weighted by Gasteiger charge is 2.33. The summed E-state index contributed by atoms with van der Waals surface area (Å²) in [6.07, 6.45) is 4.69. The second-order valence-electron chi connectivity index (χ2n) is 4.49. The Labute approximate surface area is 129 Å². The van der Waals surface area contributed by atoms with Gasteiger partial charge in [0.25, 0.3) is 0 Å². The predicted molar refractivity (Wildman–Crippen MR) is 78.6 cm³/mol. The van der Waals surface area contributed by atoms with E-state index in [4.69, 9.17) is 9.52 Å². The van der Waals surface area contributed by atoms with Crippen LogP contribution < -0.4 is 4.72 Å². The van der Waals surface area contributed by atoms with Gasteiger partial charge >= 0.3 is 5.97 Å². The van der Waals surface area contributed by atoms with Crippen molar-refractivity contribution in [3.05, 3.63) is 16.5 Å². The smallest absolute Gasteiger partial charge is 0.371 e. The number of aromatic carboxylic acids is 1. The van der Waals surface area contributed by atoms with Gasteiger partial charge in [-0.15, -0.1) is 0 Å². The minimum Gasteiger partial charge on any atom is -0.475 e. The van der Waals surface area contributed by atoms with E-state index in [-0.39, 0.29) is 20.9 Å². The molecule has 0 aromatic carbocycles. The Morgan fingerprint density at radius 1 is 1.55 bits per heavy atom. The normalized spacial score (nSPS) is 23.1. The van der Waals surface area contributed by atoms with Gasteiger partial charge in [-0.3, -0.25) is 0 Å². The summed E-state index contributed by atoms with van der Waals surface area (Å²) >= 11 is 4.58. The number of halogens is 1. The van der Waals surface area contributed by atoms with E-state index >= 15 is 0 Å². The molecule has 9 heteroatoms. The maximum Gasteiger partial charge on any atom is 0.371 e. The van der Waals surface area contributed by atoms with Crippen molar-refractivity contribution in [1.82, 2.24) is 4.72 Å². The van der Waals surface area contributed by atoms with E-state index < -0.39 is 21.8 Å². The Hall–Kier alpha value is -0.510. The third-order valence-electron chi connectivity index (χ3n) is 3.22. The molecule has 0 aliphatic heterocycles. The quantitative estimate of drug-likeness (QED) is 0.809. The molecule has 2 atom stereocenters. The lowest BCUT2D eigenvalue weighted by Gasteiger charge is -2.18. The van der Waals surface area contributed by atoms with E-state index in [0.717, 1.165) is 25.3 Å². The molecule has 2 unspecified atom stereocenters. The van der Waals surface area contributed by atoms with Crippen LogP contribution in [0.15, 0.2) is 20.0 Å². The van der Waals surface area contributed by atoms with Crippen molar-refractivity contribution in [2.75, 3.05) is 6.26 Å². The Morgan fingerprint density at radius 2 is 2.25 bits per heavy atom. The van der Waals surface area contributed by atoms with Gasteiger partial charge in [0.2, 0.25) is 15.8 Å². The molecule has 1 aromatic rings. The fourth-order valence-corrected chi connectivity index (χ4v) is 5.52. The summed E-state index contributed by atoms with van der Waals surface area (Å²) in [5.41, 5.74) is 0. The summed E-state index contributed by atoms with van der Waals surface area (Å²) in [6, 6.07) is 0.878. The molecule has 2 rings (SSSR count). The minimum absolute atomic E-state index is 0.0962. The van der Waals surface area contributed by atoms with Crippen LogP contribution in [-0.4, -0.2) is 37.0 Å². The fraction of sp³-hybridized carbons (Fsp3) is 0.545. The van der Waals surface area contributed by atoms with Crippen molar-refractivity contribution in [3.63, 3.8) is 0 Å². The van der Waals surface area contributed by atoms with Gasteiger partial charge in [-0.25, -0.2) is 17.9 Å². The first-order chi connectivity index (χ1) is 9.35. The van der Waals surface area contributed by atoms with Crippen molar-refractivity contribution < 1.29 is 22.7 Å². The van der Waals surface area contributed by atoms with Crippen molar-refractivity contribution in [3.8, 4) is 0 Å². The molecule has 0 bridgehead atoms. The molecule has 0 saturated heterocycles. The van der Waals surface area contributed by atoms with Crippen molar-refractivity contribution in [1.29, 1.82) is 0 Å². The van der Waals surface area contributed by atoms with Crippen LogP contribution in [-0.2, 0) is 10.0 Å². The van der Waals surface area contributed by atoms with E-state index in [1.807, 2.05) is 6.26 Å². The van der Waals surface area contributed by atoms with E-state index in [1.165, 1.54) is 0 Å². The zero-order valence-electron chi connectivity index (χ0n) is 10.6. The van der Waals surface area contributed by atoms with Crippen molar-refractivity contribution >= 4 is 43.7 Å². The molecule has 0 spiro atoms. The monoisotopic (exact) mass is 383 g/mol. The number of carboxylic acids is 1. The first-order valence-corrected chi connectivity index (χ1v) is 9.49. The third-order valence-corrected chi connectivity index (χ3v) is 6.73. The van der Waals surface area contributed by atoms with Crippen LogP contribution in [0.2, 0.25) is 0 Å². The Bertz CT molecular complexity index is 612. The number of thioether (sulfide) groups is 1. The average Bonchev–Trinajstić information content (AvgIpc) is 2.95. The molecule has 1 aliphatic rings. The highest BCUT2D eigenvalue weighted by atomic mass is 79.9. The van der Waals surface area contributed by atoms with E-state index in [1.54, 1.807) is 11.8 Å². The number of nitrogens with one attached hydrogen (secondary N) is 1. The van der Waals surface area contributed by atoms with Gasteiger partial charge in [0.15, 0.2) is 4.67 Å². The third kappa shape index (κ3) is 3.21. The molecular weight excluding hydrogens is 370 g/mol. The number of hydrogen-bond acceptors (Lipinski definition) is 5. The predicted octanol–water partition coefficient (Wildman–Crippen LogP) is 2.30. The number of hydrogen-bond donors (Lipinski definition) is 2. The summed E-state index contributed by atoms with van der Waals surface area (Å²) in [6.45, 7) is 0. The molecule has 1 heterocycles. The minimum atomic E-state index is -3.80. The lowest BCUT2D eigenvalue weighted by Crippen LogP contribution is -2.38. The Morgan fingerprint density at radius 3 is 2.80 bits per heavy atom. The first kappa shape index (κ1) is 15.9. The first-order valence-electron chi connectivity index (χ1n) is 5.93. The van der Waals surface area contributed by atoms with Crippen LogP contribution in [0.4, 0.5) is 0 Å². The summed E-state index contributed by atoms with van der Waals surface area (Å²) in [4.78, 5) is 10.6. The average molecular weight is 384 g/mol. The van der Waals surface area contributed by atoms with Gasteiger partial charge in [-0.1, -0.05) is 6.42 Å². The fourth-order valence-electron chi connectivity index (χ4n) is 2.25. The van der Waals surface area contributed by atoms with E-state index in [2.05, 4.69) is 20.7 Å². The summed E-state index contributed by atoms with van der Waals surface area (Å²) in [5.74, 6) is -1.72. The van der Waals surface area contributed by atoms with E-state index in [0.29, 0.717) is 0 Å². The maximum absolute atomic E-state index is 12.3. The lowest BCUT2D eigenvalue weighted by molar-refractivity contribution is 0.0661. The highest BCUT2D eigenvalue weighted by Crippen LogP contribution is 2.31. The second-order valence-corrected chi connectivity index (χ2v) is 7.97. The van der Waals surface area contributed by atoms with Crippen LogP contribution in [0.1, 0.15) is 29.8 Å². The topological polar surface area (TPSA) is 96.6 Å². The molecule has 1 fully saturated rings. The zero-order chi connectivity index (χ0) is 14.9. The lowest BCUT2D eigenvalue weighted by atomic mass is 10.3. The molecule has 1 aliphatic carbocycles. The van der Waals surface area contributed by atoms with Gasteiger partial charge in [0.1, 0.15) is 4.90 Å². The summed E-state index contributed by atoms with van der Waals surface area (Å²) in [7, 11) is -3.80. The van der Waals surface area contributed by atoms with Crippen LogP contribution in [0.25, 0.3) is 0 Å². The maximum atomic E-state index is 12.3. The molecule has 0 amide bonds. The molecule has 2 N–H and O–H groups in total. The van der Waals surface area contributed by atoms with Crippen LogP contribution in [0, 0.1) is 0 Å². The van der Waals surface area contributed by atoms with E-state index in [9.17, 15) is 13.2 Å². The standard InChI is InChI=1S/C11H14BrNO5S2/c1-19-8-4-2-3-6(8)13-20(16,17)9-5-7(11(14)15)18-10(9)12/h5-6,8,13H,2-4H2,1H3,(H,14,15). The van der Waals surface area contributed by atoms with Gasteiger partial charge in [0.05, 0.1) is 0 Å². The van der Waals surface area contributed by atoms with Crippen molar-refractivity contribution in [2.45, 2.75) is 35.4 Å². The van der Waals surface area contributed by atoms with Crippen LogP contribution in [0.3, 0.4) is 0 Å². The number of rotatable bonds is 5. The largest absolute Gasteiger partial charge is 0.475 e. The molecule has 6 nitrogen and oxygen atoms in total. The Balaban J connectivity index is 2.24. The Kier molecular flexibility index (Phi) is 4.83. The zero-order valence-corrected chi connectivity index (χ0v) is 13.8. The molecule has 112 valence electrons. The van der Waals surface area contributed by atoms with Crippen LogP contribution in [0.5, 0.6) is 0 Å². The number of carbonyl (C=O) groups is 1. The number of furan rings is 1. The number of sulfonamides is 1. The van der Waals surface area contributed by atoms with Crippen molar-refractivity contribution in [2.24, 2.45) is 0 Å². The second kappa shape index (κ2) is 6.08. The number of carboxylic acid groups (broad SMARTS) is 1. The molecule has 1 saturated carbocycles. The SMILES string of the molecule is CSC1CCCC1NS(=O)(=O)c1cc(C(=O)O)oc1Br. The van der Waals surface area contributed by atoms with Gasteiger partial charge in [-0.05, 0) is 35.0 Å². The molecule has 20 heavy (non-hydrogen) atoms. The summed E-state index contributed by atoms with van der Waals surface area (Å²) < 4.78 is 32.0. The summed E-state index contributed by atoms with van der Waals surface area (Å²) in [5, 5.41) is 9.06. The highest BCUT2D eigenvalue weighted by molar-refractivity contribution is 9.10. The van der Waals surface area contributed by atoms with Gasteiger partial charge in [-0.2, -0.15) is 11.8 Å². The molecule has 0 radical (unpaired) electrons. The van der Waals surface area contributed by atoms with Gasteiger partial charge in [0, 0.05) is 17.4 Å². The molecular formula is C11H14BrNO5S2.